The Labute approximate surface area is 140 Å². The highest BCUT2D eigenvalue weighted by Crippen LogP contribution is 2.17. The van der Waals surface area contributed by atoms with E-state index < -0.39 is 0 Å². The number of rotatable bonds is 5. The highest BCUT2D eigenvalue weighted by atomic mass is 16.5. The number of benzene rings is 2. The van der Waals surface area contributed by atoms with Gasteiger partial charge in [-0.25, -0.2) is 4.79 Å². The van der Waals surface area contributed by atoms with Crippen molar-refractivity contribution in [2.45, 2.75) is 26.5 Å². The van der Waals surface area contributed by atoms with E-state index in [-0.39, 0.29) is 12.1 Å². The SMILES string of the molecule is CC(C)OC(=O)c1cccc(-c2nnn(Cc3ccccc3)n2)c1. The Morgan fingerprint density at radius 2 is 1.92 bits per heavy atom. The summed E-state index contributed by atoms with van der Waals surface area (Å²) in [7, 11) is 0. The van der Waals surface area contributed by atoms with Crippen LogP contribution in [0.4, 0.5) is 0 Å². The lowest BCUT2D eigenvalue weighted by Crippen LogP contribution is -2.11. The fourth-order valence-corrected chi connectivity index (χ4v) is 2.24. The minimum Gasteiger partial charge on any atom is -0.459 e. The summed E-state index contributed by atoms with van der Waals surface area (Å²) in [4.78, 5) is 13.5. The highest BCUT2D eigenvalue weighted by Gasteiger charge is 2.12. The van der Waals surface area contributed by atoms with Crippen LogP contribution in [0.3, 0.4) is 0 Å². The summed E-state index contributed by atoms with van der Waals surface area (Å²) < 4.78 is 5.21. The van der Waals surface area contributed by atoms with E-state index in [2.05, 4.69) is 15.4 Å². The summed E-state index contributed by atoms with van der Waals surface area (Å²) >= 11 is 0. The van der Waals surface area contributed by atoms with Crippen molar-refractivity contribution >= 4 is 5.97 Å². The molecule has 6 nitrogen and oxygen atoms in total. The quantitative estimate of drug-likeness (QED) is 0.675. The molecular formula is C18H18N4O2. The first-order valence-electron chi connectivity index (χ1n) is 7.75. The van der Waals surface area contributed by atoms with Gasteiger partial charge in [-0.05, 0) is 36.8 Å². The van der Waals surface area contributed by atoms with Crippen molar-refractivity contribution in [2.24, 2.45) is 0 Å². The summed E-state index contributed by atoms with van der Waals surface area (Å²) in [6, 6.07) is 17.0. The molecule has 122 valence electrons. The standard InChI is InChI=1S/C18H18N4O2/c1-13(2)24-18(23)16-10-6-9-15(11-16)17-19-21-22(20-17)12-14-7-4-3-5-8-14/h3-11,13H,12H2,1-2H3. The molecule has 2 aromatic carbocycles. The minimum absolute atomic E-state index is 0.161. The predicted octanol–water partition coefficient (Wildman–Crippen LogP) is 2.95. The molecule has 1 heterocycles. The van der Waals surface area contributed by atoms with Crippen molar-refractivity contribution in [1.82, 2.24) is 20.2 Å². The van der Waals surface area contributed by atoms with Crippen LogP contribution < -0.4 is 0 Å². The molecule has 0 atom stereocenters. The van der Waals surface area contributed by atoms with Crippen molar-refractivity contribution in [3.8, 4) is 11.4 Å². The average Bonchev–Trinajstić information content (AvgIpc) is 3.04. The third-order valence-electron chi connectivity index (χ3n) is 3.32. The van der Waals surface area contributed by atoms with E-state index in [9.17, 15) is 4.79 Å². The molecule has 0 aliphatic rings. The number of hydrogen-bond acceptors (Lipinski definition) is 5. The van der Waals surface area contributed by atoms with E-state index in [1.807, 2.05) is 50.2 Å². The maximum absolute atomic E-state index is 12.0. The molecule has 24 heavy (non-hydrogen) atoms. The molecule has 0 aliphatic carbocycles. The Morgan fingerprint density at radius 3 is 2.67 bits per heavy atom. The zero-order valence-corrected chi connectivity index (χ0v) is 13.6. The first-order valence-corrected chi connectivity index (χ1v) is 7.75. The number of tetrazole rings is 1. The molecule has 0 N–H and O–H groups in total. The van der Waals surface area contributed by atoms with Gasteiger partial charge in [0.2, 0.25) is 5.82 Å². The van der Waals surface area contributed by atoms with Crippen molar-refractivity contribution in [3.63, 3.8) is 0 Å². The molecule has 0 bridgehead atoms. The second kappa shape index (κ2) is 7.04. The van der Waals surface area contributed by atoms with Crippen LogP contribution in [0.5, 0.6) is 0 Å². The zero-order chi connectivity index (χ0) is 16.9. The monoisotopic (exact) mass is 322 g/mol. The Hall–Kier alpha value is -3.02. The van der Waals surface area contributed by atoms with Crippen LogP contribution in [0, 0.1) is 0 Å². The summed E-state index contributed by atoms with van der Waals surface area (Å²) in [5.41, 5.74) is 2.30. The van der Waals surface area contributed by atoms with Gasteiger partial charge in [-0.15, -0.1) is 10.2 Å². The van der Waals surface area contributed by atoms with Gasteiger partial charge in [0.15, 0.2) is 0 Å². The number of carbonyl (C=O) groups is 1. The zero-order valence-electron chi connectivity index (χ0n) is 13.6. The van der Waals surface area contributed by atoms with Gasteiger partial charge in [0.25, 0.3) is 0 Å². The molecule has 0 saturated carbocycles. The second-order valence-corrected chi connectivity index (χ2v) is 5.66. The van der Waals surface area contributed by atoms with E-state index in [0.29, 0.717) is 17.9 Å². The first kappa shape index (κ1) is 15.9. The molecule has 0 unspecified atom stereocenters. The number of carbonyl (C=O) groups excluding carboxylic acids is 1. The Bertz CT molecular complexity index is 828. The fourth-order valence-electron chi connectivity index (χ4n) is 2.24. The van der Waals surface area contributed by atoms with Crippen LogP contribution >= 0.6 is 0 Å². The second-order valence-electron chi connectivity index (χ2n) is 5.66. The molecule has 0 aliphatic heterocycles. The van der Waals surface area contributed by atoms with Crippen LogP contribution in [0.25, 0.3) is 11.4 Å². The number of aromatic nitrogens is 4. The van der Waals surface area contributed by atoms with Gasteiger partial charge in [-0.3, -0.25) is 0 Å². The van der Waals surface area contributed by atoms with Crippen molar-refractivity contribution in [2.75, 3.05) is 0 Å². The highest BCUT2D eigenvalue weighted by molar-refractivity contribution is 5.90. The molecule has 0 radical (unpaired) electrons. The number of ether oxygens (including phenoxy) is 1. The molecule has 3 rings (SSSR count). The summed E-state index contributed by atoms with van der Waals surface area (Å²) in [5.74, 6) is 0.119. The van der Waals surface area contributed by atoms with Crippen LogP contribution in [-0.4, -0.2) is 32.3 Å². The van der Waals surface area contributed by atoms with Gasteiger partial charge in [0.05, 0.1) is 18.2 Å². The lowest BCUT2D eigenvalue weighted by Gasteiger charge is -2.08. The normalized spacial score (nSPS) is 10.8. The van der Waals surface area contributed by atoms with Gasteiger partial charge >= 0.3 is 5.97 Å². The summed E-state index contributed by atoms with van der Waals surface area (Å²) in [6.45, 7) is 4.18. The maximum Gasteiger partial charge on any atom is 0.338 e. The van der Waals surface area contributed by atoms with Crippen LogP contribution in [0.15, 0.2) is 54.6 Å². The smallest absolute Gasteiger partial charge is 0.338 e. The van der Waals surface area contributed by atoms with Crippen LogP contribution in [-0.2, 0) is 11.3 Å². The van der Waals surface area contributed by atoms with Crippen molar-refractivity contribution in [1.29, 1.82) is 0 Å². The van der Waals surface area contributed by atoms with Gasteiger partial charge in [-0.1, -0.05) is 42.5 Å². The molecule has 0 amide bonds. The Morgan fingerprint density at radius 1 is 1.12 bits per heavy atom. The number of esters is 1. The summed E-state index contributed by atoms with van der Waals surface area (Å²) in [6.07, 6.45) is -0.161. The van der Waals surface area contributed by atoms with Gasteiger partial charge < -0.3 is 4.74 Å². The lowest BCUT2D eigenvalue weighted by atomic mass is 10.1. The molecule has 0 fully saturated rings. The Balaban J connectivity index is 1.79. The van der Waals surface area contributed by atoms with Gasteiger partial charge in [-0.2, -0.15) is 4.80 Å². The van der Waals surface area contributed by atoms with Crippen LogP contribution in [0.2, 0.25) is 0 Å². The lowest BCUT2D eigenvalue weighted by molar-refractivity contribution is 0.0378. The fraction of sp³-hybridized carbons (Fsp3) is 0.222. The van der Waals surface area contributed by atoms with Gasteiger partial charge in [0.1, 0.15) is 0 Å². The molecular weight excluding hydrogens is 304 g/mol. The Kier molecular flexibility index (Phi) is 4.65. The van der Waals surface area contributed by atoms with Crippen molar-refractivity contribution in [3.05, 3.63) is 65.7 Å². The number of nitrogens with zero attached hydrogens (tertiary/aromatic N) is 4. The van der Waals surface area contributed by atoms with E-state index >= 15 is 0 Å². The molecule has 0 saturated heterocycles. The van der Waals surface area contributed by atoms with E-state index in [1.165, 1.54) is 4.80 Å². The van der Waals surface area contributed by atoms with E-state index in [0.717, 1.165) is 11.1 Å². The van der Waals surface area contributed by atoms with Gasteiger partial charge in [0, 0.05) is 5.56 Å². The topological polar surface area (TPSA) is 69.9 Å². The van der Waals surface area contributed by atoms with Crippen LogP contribution in [0.1, 0.15) is 29.8 Å². The third-order valence-corrected chi connectivity index (χ3v) is 3.32. The maximum atomic E-state index is 12.0. The number of hydrogen-bond donors (Lipinski definition) is 0. The first-order chi connectivity index (χ1) is 11.6. The molecule has 3 aromatic rings. The predicted molar refractivity (Wildman–Crippen MR) is 89.3 cm³/mol. The molecule has 0 spiro atoms. The van der Waals surface area contributed by atoms with Crippen molar-refractivity contribution < 1.29 is 9.53 Å². The molecule has 1 aromatic heterocycles. The minimum atomic E-state index is -0.358. The third kappa shape index (κ3) is 3.84. The largest absolute Gasteiger partial charge is 0.459 e. The van der Waals surface area contributed by atoms with E-state index in [1.54, 1.807) is 18.2 Å². The average molecular weight is 322 g/mol. The summed E-state index contributed by atoms with van der Waals surface area (Å²) in [5, 5.41) is 12.5. The molecule has 6 heteroatoms. The van der Waals surface area contributed by atoms with E-state index in [4.69, 9.17) is 4.74 Å².